The molecule has 0 atom stereocenters. The maximum Gasteiger partial charge on any atom is 0.255 e. The Morgan fingerprint density at radius 1 is 1.00 bits per heavy atom. The Kier molecular flexibility index (Phi) is 3.49. The van der Waals surface area contributed by atoms with E-state index in [1.807, 2.05) is 63.5 Å². The lowest BCUT2D eigenvalue weighted by atomic mass is 10.1. The fourth-order valence-electron chi connectivity index (χ4n) is 3.30. The summed E-state index contributed by atoms with van der Waals surface area (Å²) in [6, 6.07) is 13.7. The smallest absolute Gasteiger partial charge is 0.255 e. The largest absolute Gasteiger partial charge is 0.334 e. The minimum absolute atomic E-state index is 0.00430. The van der Waals surface area contributed by atoms with Gasteiger partial charge in [0.25, 0.3) is 5.91 Å². The number of hydrogen-bond acceptors (Lipinski definition) is 5. The van der Waals surface area contributed by atoms with Gasteiger partial charge in [-0.2, -0.15) is 0 Å². The Morgan fingerprint density at radius 2 is 1.81 bits per heavy atom. The third-order valence-corrected chi connectivity index (χ3v) is 4.92. The van der Waals surface area contributed by atoms with Gasteiger partial charge in [-0.3, -0.25) is 9.20 Å². The summed E-state index contributed by atoms with van der Waals surface area (Å²) in [4.78, 5) is 14.5. The third-order valence-electron chi connectivity index (χ3n) is 4.92. The fraction of sp³-hybridized carbons (Fsp3) is 0.211. The molecular weight excluding hydrogens is 342 g/mol. The second-order valence-corrected chi connectivity index (χ2v) is 6.71. The topological polar surface area (TPSA) is 81.2 Å². The van der Waals surface area contributed by atoms with Gasteiger partial charge in [0.15, 0.2) is 5.65 Å². The molecule has 8 heteroatoms. The zero-order valence-corrected chi connectivity index (χ0v) is 14.7. The maximum atomic E-state index is 12.7. The highest BCUT2D eigenvalue weighted by Crippen LogP contribution is 2.24. The summed E-state index contributed by atoms with van der Waals surface area (Å²) in [5.41, 5.74) is 3.25. The second-order valence-electron chi connectivity index (χ2n) is 6.71. The van der Waals surface area contributed by atoms with Crippen molar-refractivity contribution in [2.24, 2.45) is 0 Å². The first-order chi connectivity index (χ1) is 13.2. The zero-order chi connectivity index (χ0) is 18.4. The SMILES string of the molecule is Cc1nnc2ccc(C(=O)N3CC(n4cc(-c5ccccc5)nn4)C3)cn12. The van der Waals surface area contributed by atoms with E-state index in [0.29, 0.717) is 18.7 Å². The van der Waals surface area contributed by atoms with E-state index < -0.39 is 0 Å². The van der Waals surface area contributed by atoms with Crippen LogP contribution >= 0.6 is 0 Å². The first-order valence-electron chi connectivity index (χ1n) is 8.77. The number of aryl methyl sites for hydroxylation is 1. The molecule has 27 heavy (non-hydrogen) atoms. The number of likely N-dealkylation sites (tertiary alicyclic amines) is 1. The molecule has 1 aromatic carbocycles. The molecule has 1 aliphatic rings. The van der Waals surface area contributed by atoms with Crippen LogP contribution in [0.25, 0.3) is 16.9 Å². The lowest BCUT2D eigenvalue weighted by Crippen LogP contribution is -2.50. The standard InChI is InChI=1S/C19H17N7O/c1-13-20-22-18-8-7-15(9-25(13)18)19(27)24-10-16(11-24)26-12-17(21-23-26)14-5-3-2-4-6-14/h2-9,12,16H,10-11H2,1H3. The molecule has 0 spiro atoms. The lowest BCUT2D eigenvalue weighted by Gasteiger charge is -2.38. The van der Waals surface area contributed by atoms with Gasteiger partial charge >= 0.3 is 0 Å². The van der Waals surface area contributed by atoms with Crippen LogP contribution in [0.4, 0.5) is 0 Å². The predicted octanol–water partition coefficient (Wildman–Crippen LogP) is 1.99. The molecule has 134 valence electrons. The summed E-state index contributed by atoms with van der Waals surface area (Å²) in [6.45, 7) is 3.11. The minimum atomic E-state index is 0.00430. The number of rotatable bonds is 3. The van der Waals surface area contributed by atoms with Crippen molar-refractivity contribution >= 4 is 11.6 Å². The first-order valence-corrected chi connectivity index (χ1v) is 8.77. The highest BCUT2D eigenvalue weighted by atomic mass is 16.2. The Labute approximate surface area is 155 Å². The molecule has 0 aliphatic carbocycles. The Hall–Kier alpha value is -3.55. The van der Waals surface area contributed by atoms with Gasteiger partial charge in [0.2, 0.25) is 0 Å². The normalized spacial score (nSPS) is 14.5. The van der Waals surface area contributed by atoms with Gasteiger partial charge in [-0.1, -0.05) is 35.5 Å². The number of hydrogen-bond donors (Lipinski definition) is 0. The molecular formula is C19H17N7O. The van der Waals surface area contributed by atoms with Crippen LogP contribution in [0.2, 0.25) is 0 Å². The number of amides is 1. The van der Waals surface area contributed by atoms with Crippen LogP contribution in [0.3, 0.4) is 0 Å². The minimum Gasteiger partial charge on any atom is -0.334 e. The molecule has 1 saturated heterocycles. The molecule has 1 amide bonds. The number of carbonyl (C=O) groups excluding carboxylic acids is 1. The van der Waals surface area contributed by atoms with Crippen molar-refractivity contribution in [2.45, 2.75) is 13.0 Å². The molecule has 0 radical (unpaired) electrons. The number of nitrogens with zero attached hydrogens (tertiary/aromatic N) is 7. The van der Waals surface area contributed by atoms with E-state index in [4.69, 9.17) is 0 Å². The molecule has 0 bridgehead atoms. The summed E-state index contributed by atoms with van der Waals surface area (Å²) in [7, 11) is 0. The van der Waals surface area contributed by atoms with E-state index in [1.54, 1.807) is 12.3 Å². The van der Waals surface area contributed by atoms with E-state index in [9.17, 15) is 4.79 Å². The molecule has 0 N–H and O–H groups in total. The van der Waals surface area contributed by atoms with Crippen LogP contribution in [-0.4, -0.2) is 53.5 Å². The fourth-order valence-corrected chi connectivity index (χ4v) is 3.30. The molecule has 1 aliphatic heterocycles. The lowest BCUT2D eigenvalue weighted by molar-refractivity contribution is 0.0498. The highest BCUT2D eigenvalue weighted by Gasteiger charge is 2.33. The van der Waals surface area contributed by atoms with Crippen molar-refractivity contribution in [3.05, 3.63) is 66.2 Å². The van der Waals surface area contributed by atoms with Crippen LogP contribution in [0, 0.1) is 6.92 Å². The molecule has 4 aromatic rings. The monoisotopic (exact) mass is 359 g/mol. The maximum absolute atomic E-state index is 12.7. The number of aromatic nitrogens is 6. The van der Waals surface area contributed by atoms with E-state index in [2.05, 4.69) is 20.5 Å². The highest BCUT2D eigenvalue weighted by molar-refractivity contribution is 5.94. The number of carbonyl (C=O) groups is 1. The second kappa shape index (κ2) is 6.01. The van der Waals surface area contributed by atoms with Crippen LogP contribution in [0.15, 0.2) is 54.9 Å². The van der Waals surface area contributed by atoms with Gasteiger partial charge in [-0.15, -0.1) is 15.3 Å². The van der Waals surface area contributed by atoms with Crippen LogP contribution in [0.1, 0.15) is 22.2 Å². The molecule has 8 nitrogen and oxygen atoms in total. The Morgan fingerprint density at radius 3 is 2.63 bits per heavy atom. The summed E-state index contributed by atoms with van der Waals surface area (Å²) in [5, 5.41) is 16.6. The number of benzene rings is 1. The average Bonchev–Trinajstić information content (AvgIpc) is 3.28. The summed E-state index contributed by atoms with van der Waals surface area (Å²) in [5.74, 6) is 0.766. The van der Waals surface area contributed by atoms with Crippen molar-refractivity contribution in [1.82, 2.24) is 34.5 Å². The quantitative estimate of drug-likeness (QED) is 0.559. The van der Waals surface area contributed by atoms with Gasteiger partial charge in [0.05, 0.1) is 17.8 Å². The molecule has 0 unspecified atom stereocenters. The summed E-state index contributed by atoms with van der Waals surface area (Å²) >= 11 is 0. The zero-order valence-electron chi connectivity index (χ0n) is 14.7. The van der Waals surface area contributed by atoms with Gasteiger partial charge in [0, 0.05) is 24.8 Å². The number of fused-ring (bicyclic) bond motifs is 1. The van der Waals surface area contributed by atoms with Gasteiger partial charge in [-0.05, 0) is 19.1 Å². The van der Waals surface area contributed by atoms with Crippen molar-refractivity contribution in [3.8, 4) is 11.3 Å². The molecule has 0 saturated carbocycles. The van der Waals surface area contributed by atoms with Crippen molar-refractivity contribution in [3.63, 3.8) is 0 Å². The van der Waals surface area contributed by atoms with E-state index in [0.717, 1.165) is 22.7 Å². The Balaban J connectivity index is 1.29. The molecule has 5 rings (SSSR count). The van der Waals surface area contributed by atoms with Gasteiger partial charge in [0.1, 0.15) is 11.5 Å². The van der Waals surface area contributed by atoms with Crippen LogP contribution in [0.5, 0.6) is 0 Å². The van der Waals surface area contributed by atoms with Crippen LogP contribution < -0.4 is 0 Å². The van der Waals surface area contributed by atoms with Crippen molar-refractivity contribution in [2.75, 3.05) is 13.1 Å². The predicted molar refractivity (Wildman–Crippen MR) is 98.1 cm³/mol. The molecule has 4 heterocycles. The first kappa shape index (κ1) is 15.7. The molecule has 3 aromatic heterocycles. The Bertz CT molecular complexity index is 1130. The average molecular weight is 359 g/mol. The van der Waals surface area contributed by atoms with Crippen molar-refractivity contribution in [1.29, 1.82) is 0 Å². The third kappa shape index (κ3) is 2.66. The number of pyridine rings is 1. The van der Waals surface area contributed by atoms with E-state index >= 15 is 0 Å². The summed E-state index contributed by atoms with van der Waals surface area (Å²) < 4.78 is 3.67. The van der Waals surface area contributed by atoms with Gasteiger partial charge < -0.3 is 4.90 Å². The van der Waals surface area contributed by atoms with Crippen molar-refractivity contribution < 1.29 is 4.79 Å². The van der Waals surface area contributed by atoms with Crippen LogP contribution in [-0.2, 0) is 0 Å². The molecule has 1 fully saturated rings. The van der Waals surface area contributed by atoms with Gasteiger partial charge in [-0.25, -0.2) is 4.68 Å². The summed E-state index contributed by atoms with van der Waals surface area (Å²) in [6.07, 6.45) is 3.73. The van der Waals surface area contributed by atoms with E-state index in [1.165, 1.54) is 0 Å². The van der Waals surface area contributed by atoms with E-state index in [-0.39, 0.29) is 11.9 Å².